The number of halogens is 2. The second kappa shape index (κ2) is 9.71. The summed E-state index contributed by atoms with van der Waals surface area (Å²) in [6.45, 7) is 1.61. The molecule has 1 atom stereocenters. The van der Waals surface area contributed by atoms with Crippen molar-refractivity contribution >= 4 is 41.6 Å². The third-order valence-electron chi connectivity index (χ3n) is 4.04. The molecule has 1 aromatic heterocycles. The van der Waals surface area contributed by atoms with Gasteiger partial charge in [-0.3, -0.25) is 9.78 Å². The van der Waals surface area contributed by atoms with Crippen LogP contribution in [0.2, 0.25) is 0 Å². The van der Waals surface area contributed by atoms with E-state index < -0.39 is 0 Å². The first-order valence-electron chi connectivity index (χ1n) is 7.68. The third kappa shape index (κ3) is 5.06. The van der Waals surface area contributed by atoms with Crippen LogP contribution in [0, 0.1) is 0 Å². The summed E-state index contributed by atoms with van der Waals surface area (Å²) in [6, 6.07) is 10.2. The minimum absolute atomic E-state index is 0. The van der Waals surface area contributed by atoms with Gasteiger partial charge in [0.15, 0.2) is 0 Å². The second-order valence-electron chi connectivity index (χ2n) is 5.54. The number of hydrogen-bond acceptors (Lipinski definition) is 3. The van der Waals surface area contributed by atoms with E-state index >= 15 is 0 Å². The van der Waals surface area contributed by atoms with Crippen LogP contribution < -0.4 is 10.6 Å². The van der Waals surface area contributed by atoms with Crippen LogP contribution in [0.1, 0.15) is 24.8 Å². The molecule has 1 unspecified atom stereocenters. The van der Waals surface area contributed by atoms with Crippen molar-refractivity contribution in [2.45, 2.75) is 31.7 Å². The molecule has 0 aliphatic carbocycles. The molecule has 0 saturated carbocycles. The van der Waals surface area contributed by atoms with E-state index in [0.717, 1.165) is 36.7 Å². The number of para-hydroxylation sites is 1. The minimum Gasteiger partial charge on any atom is -0.354 e. The largest absolute Gasteiger partial charge is 0.354 e. The predicted octanol–water partition coefficient (Wildman–Crippen LogP) is 2.88. The van der Waals surface area contributed by atoms with E-state index in [-0.39, 0.29) is 36.8 Å². The number of amides is 1. The number of piperidine rings is 1. The first-order valence-corrected chi connectivity index (χ1v) is 7.68. The Bertz CT molecular complexity index is 625. The maximum absolute atomic E-state index is 12.1. The van der Waals surface area contributed by atoms with Crippen molar-refractivity contribution in [3.63, 3.8) is 0 Å². The van der Waals surface area contributed by atoms with E-state index in [1.165, 1.54) is 12.0 Å². The van der Waals surface area contributed by atoms with Crippen molar-refractivity contribution in [3.05, 3.63) is 42.1 Å². The monoisotopic (exact) mass is 355 g/mol. The first-order chi connectivity index (χ1) is 10.3. The molecule has 0 radical (unpaired) electrons. The number of aromatic nitrogens is 1. The van der Waals surface area contributed by atoms with Crippen LogP contribution in [0.3, 0.4) is 0 Å². The Balaban J connectivity index is 0.00000132. The number of hydrogen-bond donors (Lipinski definition) is 2. The Labute approximate surface area is 149 Å². The number of rotatable bonds is 4. The zero-order valence-corrected chi connectivity index (χ0v) is 14.6. The van der Waals surface area contributed by atoms with Crippen LogP contribution in [-0.4, -0.2) is 30.0 Å². The molecule has 4 nitrogen and oxygen atoms in total. The van der Waals surface area contributed by atoms with Gasteiger partial charge < -0.3 is 10.6 Å². The summed E-state index contributed by atoms with van der Waals surface area (Å²) in [4.78, 5) is 16.5. The van der Waals surface area contributed by atoms with Gasteiger partial charge in [0.25, 0.3) is 0 Å². The minimum atomic E-state index is -0.00982. The molecule has 23 heavy (non-hydrogen) atoms. The summed E-state index contributed by atoms with van der Waals surface area (Å²) in [5.74, 6) is 0.128. The fourth-order valence-electron chi connectivity index (χ4n) is 2.89. The zero-order valence-electron chi connectivity index (χ0n) is 13.0. The topological polar surface area (TPSA) is 54.0 Å². The zero-order chi connectivity index (χ0) is 14.5. The molecule has 1 aromatic carbocycles. The fraction of sp³-hybridized carbons (Fsp3) is 0.412. The van der Waals surface area contributed by atoms with E-state index in [4.69, 9.17) is 0 Å². The summed E-state index contributed by atoms with van der Waals surface area (Å²) >= 11 is 0. The van der Waals surface area contributed by atoms with Gasteiger partial charge in [-0.2, -0.15) is 0 Å². The summed E-state index contributed by atoms with van der Waals surface area (Å²) in [5, 5.41) is 7.46. The van der Waals surface area contributed by atoms with Gasteiger partial charge in [-0.1, -0.05) is 30.7 Å². The normalized spacial score (nSPS) is 17.0. The molecule has 1 fully saturated rings. The molecule has 6 heteroatoms. The summed E-state index contributed by atoms with van der Waals surface area (Å²) in [6.07, 6.45) is 5.88. The lowest BCUT2D eigenvalue weighted by Crippen LogP contribution is -2.47. The molecular weight excluding hydrogens is 333 g/mol. The van der Waals surface area contributed by atoms with E-state index in [1.54, 1.807) is 0 Å². The second-order valence-corrected chi connectivity index (χ2v) is 5.54. The van der Waals surface area contributed by atoms with Crippen molar-refractivity contribution in [1.29, 1.82) is 0 Å². The Kier molecular flexibility index (Phi) is 8.31. The predicted molar refractivity (Wildman–Crippen MR) is 98.6 cm³/mol. The van der Waals surface area contributed by atoms with E-state index in [0.29, 0.717) is 6.54 Å². The quantitative estimate of drug-likeness (QED) is 0.886. The first kappa shape index (κ1) is 19.7. The van der Waals surface area contributed by atoms with E-state index in [9.17, 15) is 4.79 Å². The van der Waals surface area contributed by atoms with Crippen LogP contribution in [0.4, 0.5) is 0 Å². The highest BCUT2D eigenvalue weighted by molar-refractivity contribution is 5.85. The van der Waals surface area contributed by atoms with Crippen molar-refractivity contribution in [3.8, 4) is 0 Å². The lowest BCUT2D eigenvalue weighted by Gasteiger charge is -2.22. The average molecular weight is 356 g/mol. The van der Waals surface area contributed by atoms with Gasteiger partial charge in [-0.25, -0.2) is 0 Å². The van der Waals surface area contributed by atoms with Crippen LogP contribution in [0.15, 0.2) is 36.5 Å². The Hall–Kier alpha value is -1.36. The molecule has 1 amide bonds. The van der Waals surface area contributed by atoms with Gasteiger partial charge in [0.2, 0.25) is 5.91 Å². The average Bonchev–Trinajstić information content (AvgIpc) is 2.56. The number of carbonyl (C=O) groups is 1. The molecular formula is C17H23Cl2N3O. The molecule has 2 heterocycles. The Morgan fingerprint density at radius 1 is 1.22 bits per heavy atom. The SMILES string of the molecule is Cl.Cl.O=C(NCCc1cccc2cccnc12)C1CCCCN1. The van der Waals surface area contributed by atoms with Gasteiger partial charge in [0.1, 0.15) is 0 Å². The lowest BCUT2D eigenvalue weighted by molar-refractivity contribution is -0.123. The van der Waals surface area contributed by atoms with Crippen molar-refractivity contribution in [2.24, 2.45) is 0 Å². The number of fused-ring (bicyclic) bond motifs is 1. The van der Waals surface area contributed by atoms with Gasteiger partial charge in [0, 0.05) is 18.1 Å². The van der Waals surface area contributed by atoms with Crippen molar-refractivity contribution < 1.29 is 4.79 Å². The maximum Gasteiger partial charge on any atom is 0.237 e. The van der Waals surface area contributed by atoms with Gasteiger partial charge >= 0.3 is 0 Å². The smallest absolute Gasteiger partial charge is 0.237 e. The van der Waals surface area contributed by atoms with Crippen LogP contribution in [0.25, 0.3) is 10.9 Å². The van der Waals surface area contributed by atoms with Gasteiger partial charge in [-0.15, -0.1) is 24.8 Å². The maximum atomic E-state index is 12.1. The highest BCUT2D eigenvalue weighted by Gasteiger charge is 2.19. The number of pyridine rings is 1. The molecule has 0 bridgehead atoms. The summed E-state index contributed by atoms with van der Waals surface area (Å²) in [7, 11) is 0. The fourth-order valence-corrected chi connectivity index (χ4v) is 2.89. The molecule has 2 aromatic rings. The number of nitrogens with one attached hydrogen (secondary N) is 2. The number of benzene rings is 1. The molecule has 1 saturated heterocycles. The van der Waals surface area contributed by atoms with Crippen molar-refractivity contribution in [2.75, 3.05) is 13.1 Å². The van der Waals surface area contributed by atoms with Crippen LogP contribution >= 0.6 is 24.8 Å². The number of carbonyl (C=O) groups excluding carboxylic acids is 1. The van der Waals surface area contributed by atoms with Crippen LogP contribution in [-0.2, 0) is 11.2 Å². The van der Waals surface area contributed by atoms with E-state index in [2.05, 4.69) is 33.8 Å². The van der Waals surface area contributed by atoms with E-state index in [1.807, 2.05) is 18.3 Å². The highest BCUT2D eigenvalue weighted by atomic mass is 35.5. The Morgan fingerprint density at radius 2 is 2.04 bits per heavy atom. The summed E-state index contributed by atoms with van der Waals surface area (Å²) in [5.41, 5.74) is 2.22. The molecule has 3 rings (SSSR count). The third-order valence-corrected chi connectivity index (χ3v) is 4.04. The van der Waals surface area contributed by atoms with Gasteiger partial charge in [-0.05, 0) is 37.4 Å². The van der Waals surface area contributed by atoms with Gasteiger partial charge in [0.05, 0.1) is 11.6 Å². The standard InChI is InChI=1S/C17H21N3O.2ClH/c21-17(15-8-1-2-10-18-15)20-12-9-14-6-3-5-13-7-4-11-19-16(13)14;;/h3-7,11,15,18H,1-2,8-10,12H2,(H,20,21);2*1H. The molecule has 1 aliphatic heterocycles. The summed E-state index contributed by atoms with van der Waals surface area (Å²) < 4.78 is 0. The molecule has 1 aliphatic rings. The molecule has 2 N–H and O–H groups in total. The highest BCUT2D eigenvalue weighted by Crippen LogP contribution is 2.16. The lowest BCUT2D eigenvalue weighted by atomic mass is 10.0. The van der Waals surface area contributed by atoms with Crippen LogP contribution in [0.5, 0.6) is 0 Å². The number of nitrogens with zero attached hydrogens (tertiary/aromatic N) is 1. The Morgan fingerprint density at radius 3 is 2.83 bits per heavy atom. The van der Waals surface area contributed by atoms with Crippen molar-refractivity contribution in [1.82, 2.24) is 15.6 Å². The molecule has 126 valence electrons. The molecule has 0 spiro atoms.